The van der Waals surface area contributed by atoms with Crippen molar-refractivity contribution in [2.24, 2.45) is 0 Å². The van der Waals surface area contributed by atoms with Crippen LogP contribution in [0.5, 0.6) is 0 Å². The van der Waals surface area contributed by atoms with Gasteiger partial charge in [-0.25, -0.2) is 0 Å². The molecule has 1 nitrogen and oxygen atoms in total. The van der Waals surface area contributed by atoms with Crippen LogP contribution in [0.15, 0.2) is 0 Å². The van der Waals surface area contributed by atoms with E-state index < -0.39 is 0 Å². The number of hydrogen-bond acceptors (Lipinski definition) is 1. The lowest BCUT2D eigenvalue weighted by atomic mass is 10.4. The van der Waals surface area contributed by atoms with E-state index in [1.54, 1.807) is 6.42 Å². The van der Waals surface area contributed by atoms with Crippen molar-refractivity contribution in [2.45, 2.75) is 6.42 Å². The largest absolute Gasteiger partial charge is 0.396 e. The second-order valence-corrected chi connectivity index (χ2v) is 1.33. The van der Waals surface area contributed by atoms with Gasteiger partial charge in [-0.2, -0.15) is 0 Å². The van der Waals surface area contributed by atoms with Gasteiger partial charge in [0, 0.05) is 12.5 Å². The van der Waals surface area contributed by atoms with Crippen LogP contribution in [-0.4, -0.2) is 17.6 Å². The Balaban J connectivity index is 2.34. The van der Waals surface area contributed by atoms with Crippen LogP contribution >= 0.6 is 11.6 Å². The van der Waals surface area contributed by atoms with Gasteiger partial charge >= 0.3 is 0 Å². The van der Waals surface area contributed by atoms with Crippen LogP contribution < -0.4 is 0 Å². The van der Waals surface area contributed by atoms with E-state index in [9.17, 15) is 0 Å². The molecule has 37 valence electrons. The highest BCUT2D eigenvalue weighted by Crippen LogP contribution is 1.86. The van der Waals surface area contributed by atoms with E-state index in [1.807, 2.05) is 0 Å². The van der Waals surface area contributed by atoms with E-state index in [2.05, 4.69) is 0 Å². The molecule has 0 aliphatic carbocycles. The van der Waals surface area contributed by atoms with Crippen LogP contribution in [0.2, 0.25) is 0 Å². The molecule has 6 heavy (non-hydrogen) atoms. The van der Waals surface area contributed by atoms with E-state index in [-0.39, 0.29) is 6.61 Å². The molecule has 0 unspecified atom stereocenters. The molecule has 2 heteroatoms. The third-order valence-corrected chi connectivity index (χ3v) is 0.661. The topological polar surface area (TPSA) is 20.2 Å². The summed E-state index contributed by atoms with van der Waals surface area (Å²) in [5.74, 6) is 0.612. The molecule has 1 N–H and O–H groups in total. The van der Waals surface area contributed by atoms with Gasteiger partial charge in [-0.1, -0.05) is 0 Å². The molecular formula is C4H8ClO. The van der Waals surface area contributed by atoms with Crippen LogP contribution in [0.25, 0.3) is 0 Å². The summed E-state index contributed by atoms with van der Waals surface area (Å²) in [6.45, 7) is 0.146. The summed E-state index contributed by atoms with van der Waals surface area (Å²) in [4.78, 5) is 0. The lowest BCUT2D eigenvalue weighted by Gasteiger charge is -1.84. The summed E-state index contributed by atoms with van der Waals surface area (Å²) in [7, 11) is 0. The summed E-state index contributed by atoms with van der Waals surface area (Å²) in [6.07, 6.45) is 2.53. The zero-order valence-electron chi connectivity index (χ0n) is 3.52. The molecule has 0 bridgehead atoms. The Morgan fingerprint density at radius 2 is 2.33 bits per heavy atom. The lowest BCUT2D eigenvalue weighted by Crippen LogP contribution is -1.82. The summed E-state index contributed by atoms with van der Waals surface area (Å²) in [5.41, 5.74) is 0. The van der Waals surface area contributed by atoms with Crippen molar-refractivity contribution in [3.8, 4) is 0 Å². The van der Waals surface area contributed by atoms with Crippen molar-refractivity contribution in [3.63, 3.8) is 0 Å². The fourth-order valence-corrected chi connectivity index (χ4v) is 0.323. The fourth-order valence-electron chi connectivity index (χ4n) is 0.168. The third kappa shape index (κ3) is 4.25. The van der Waals surface area contributed by atoms with Crippen molar-refractivity contribution < 1.29 is 5.11 Å². The van der Waals surface area contributed by atoms with Crippen LogP contribution in [0.1, 0.15) is 6.42 Å². The summed E-state index contributed by atoms with van der Waals surface area (Å²) in [5, 5.41) is 8.08. The normalized spacial score (nSPS) is 9.00. The van der Waals surface area contributed by atoms with Gasteiger partial charge in [0.1, 0.15) is 0 Å². The van der Waals surface area contributed by atoms with Gasteiger partial charge in [0.05, 0.1) is 0 Å². The Morgan fingerprint density at radius 3 is 2.50 bits per heavy atom. The number of alkyl halides is 1. The number of halogens is 1. The third-order valence-electron chi connectivity index (χ3n) is 0.442. The van der Waals surface area contributed by atoms with Crippen LogP contribution in [0.4, 0.5) is 0 Å². The number of aliphatic hydroxyl groups is 1. The molecule has 1 radical (unpaired) electrons. The quantitative estimate of drug-likeness (QED) is 0.418. The minimum Gasteiger partial charge on any atom is -0.396 e. The second kappa shape index (κ2) is 5.25. The number of hydrogen-bond donors (Lipinski definition) is 1. The van der Waals surface area contributed by atoms with Crippen LogP contribution in [-0.2, 0) is 0 Å². The Labute approximate surface area is 42.9 Å². The Kier molecular flexibility index (Phi) is 5.47. The molecule has 0 heterocycles. The van der Waals surface area contributed by atoms with E-state index in [0.29, 0.717) is 5.88 Å². The minimum absolute atomic E-state index is 0.146. The van der Waals surface area contributed by atoms with Gasteiger partial charge in [-0.3, -0.25) is 0 Å². The van der Waals surface area contributed by atoms with E-state index in [4.69, 9.17) is 16.7 Å². The molecule has 0 rings (SSSR count). The molecule has 0 aromatic heterocycles. The zero-order valence-corrected chi connectivity index (χ0v) is 4.28. The standard InChI is InChI=1S/C4H8ClO/c5-3-1-2-4-6/h2,6H,1,3-4H2. The minimum atomic E-state index is 0.146. The Bertz CT molecular complexity index is 19.5. The van der Waals surface area contributed by atoms with Gasteiger partial charge < -0.3 is 5.11 Å². The predicted molar refractivity (Wildman–Crippen MR) is 26.7 cm³/mol. The van der Waals surface area contributed by atoms with Crippen molar-refractivity contribution in [2.75, 3.05) is 12.5 Å². The lowest BCUT2D eigenvalue weighted by molar-refractivity contribution is 0.325. The molecule has 0 amide bonds. The highest BCUT2D eigenvalue weighted by Gasteiger charge is 1.78. The first-order valence-corrected chi connectivity index (χ1v) is 2.43. The van der Waals surface area contributed by atoms with E-state index >= 15 is 0 Å². The first-order chi connectivity index (χ1) is 2.91. The highest BCUT2D eigenvalue weighted by molar-refractivity contribution is 6.17. The number of rotatable bonds is 3. The van der Waals surface area contributed by atoms with Gasteiger partial charge in [0.2, 0.25) is 0 Å². The first-order valence-electron chi connectivity index (χ1n) is 1.90. The second-order valence-electron chi connectivity index (χ2n) is 0.949. The highest BCUT2D eigenvalue weighted by atomic mass is 35.5. The molecule has 0 aliphatic rings. The molecular weight excluding hydrogens is 99.5 g/mol. The maximum absolute atomic E-state index is 8.08. The number of unbranched alkanes of at least 4 members (excludes halogenated alkanes) is 1. The van der Waals surface area contributed by atoms with Crippen molar-refractivity contribution in [1.29, 1.82) is 0 Å². The summed E-state index contributed by atoms with van der Waals surface area (Å²) < 4.78 is 0. The average molecular weight is 108 g/mol. The van der Waals surface area contributed by atoms with Gasteiger partial charge in [-0.05, 0) is 12.8 Å². The van der Waals surface area contributed by atoms with Crippen molar-refractivity contribution in [1.82, 2.24) is 0 Å². The number of aliphatic hydroxyl groups excluding tert-OH is 1. The summed E-state index contributed by atoms with van der Waals surface area (Å²) in [6, 6.07) is 0. The zero-order chi connectivity index (χ0) is 4.83. The molecule has 0 saturated carbocycles. The molecule has 0 saturated heterocycles. The van der Waals surface area contributed by atoms with Crippen molar-refractivity contribution >= 4 is 11.6 Å². The van der Waals surface area contributed by atoms with Gasteiger partial charge in [-0.15, -0.1) is 11.6 Å². The smallest absolute Gasteiger partial charge is 0.0463 e. The van der Waals surface area contributed by atoms with E-state index in [1.165, 1.54) is 0 Å². The Hall–Kier alpha value is 0.250. The predicted octanol–water partition coefficient (Wildman–Crippen LogP) is 0.812. The van der Waals surface area contributed by atoms with E-state index in [0.717, 1.165) is 6.42 Å². The molecule has 0 aliphatic heterocycles. The maximum atomic E-state index is 8.08. The monoisotopic (exact) mass is 107 g/mol. The molecule has 0 atom stereocenters. The fraction of sp³-hybridized carbons (Fsp3) is 0.750. The average Bonchev–Trinajstić information content (AvgIpc) is 1.61. The molecule has 0 aromatic carbocycles. The molecule has 0 aromatic rings. The Morgan fingerprint density at radius 1 is 1.67 bits per heavy atom. The maximum Gasteiger partial charge on any atom is 0.0463 e. The first kappa shape index (κ1) is 6.25. The summed E-state index contributed by atoms with van der Waals surface area (Å²) >= 11 is 5.24. The van der Waals surface area contributed by atoms with Crippen LogP contribution in [0, 0.1) is 6.42 Å². The van der Waals surface area contributed by atoms with Crippen LogP contribution in [0.3, 0.4) is 0 Å². The molecule has 0 fully saturated rings. The molecule has 0 spiro atoms. The van der Waals surface area contributed by atoms with Crippen molar-refractivity contribution in [3.05, 3.63) is 6.42 Å². The van der Waals surface area contributed by atoms with Gasteiger partial charge in [0.25, 0.3) is 0 Å². The SMILES string of the molecule is OC[CH]CCCl. The van der Waals surface area contributed by atoms with Gasteiger partial charge in [0.15, 0.2) is 0 Å².